The zero-order chi connectivity index (χ0) is 17.1. The number of nitrogens with zero attached hydrogens (tertiary/aromatic N) is 1. The van der Waals surface area contributed by atoms with Crippen molar-refractivity contribution >= 4 is 29.0 Å². The number of aromatic hydroxyl groups is 1. The molecule has 1 aliphatic rings. The highest BCUT2D eigenvalue weighted by Gasteiger charge is 2.32. The zero-order valence-electron chi connectivity index (χ0n) is 12.5. The maximum atomic E-state index is 12.2. The third-order valence-corrected chi connectivity index (χ3v) is 3.51. The van der Waals surface area contributed by atoms with Gasteiger partial charge in [-0.25, -0.2) is 4.79 Å². The Labute approximate surface area is 137 Å². The monoisotopic (exact) mass is 337 g/mol. The number of esters is 1. The largest absolute Gasteiger partial charge is 0.502 e. The highest BCUT2D eigenvalue weighted by atomic mass is 32.1. The molecule has 1 unspecified atom stereocenters. The fourth-order valence-electron chi connectivity index (χ4n) is 2.29. The zero-order valence-corrected chi connectivity index (χ0v) is 13.3. The molecule has 122 valence electrons. The summed E-state index contributed by atoms with van der Waals surface area (Å²) in [4.78, 5) is 22.5. The molecule has 3 N–H and O–H groups in total. The predicted octanol–water partition coefficient (Wildman–Crippen LogP) is 1.66. The van der Waals surface area contributed by atoms with Crippen LogP contribution in [0.4, 0.5) is 5.69 Å². The average Bonchev–Trinajstić information content (AvgIpc) is 2.46. The van der Waals surface area contributed by atoms with E-state index in [-0.39, 0.29) is 17.3 Å². The SMILES string of the molecule is CCOC(=O)C1=C(C)NC(=S)NC1c1ccc(O)c([N+](=O)[O-])c1. The quantitative estimate of drug-likeness (QED) is 0.329. The van der Waals surface area contributed by atoms with Crippen molar-refractivity contribution in [3.63, 3.8) is 0 Å². The van der Waals surface area contributed by atoms with Gasteiger partial charge in [0.15, 0.2) is 10.9 Å². The lowest BCUT2D eigenvalue weighted by molar-refractivity contribution is -0.385. The molecule has 0 amide bonds. The van der Waals surface area contributed by atoms with E-state index in [4.69, 9.17) is 17.0 Å². The Morgan fingerprint density at radius 3 is 2.83 bits per heavy atom. The highest BCUT2D eigenvalue weighted by Crippen LogP contribution is 2.33. The first-order valence-corrected chi connectivity index (χ1v) is 7.18. The number of phenols is 1. The van der Waals surface area contributed by atoms with E-state index in [0.29, 0.717) is 11.3 Å². The number of phenolic OH excluding ortho intramolecular Hbond substituents is 1. The van der Waals surface area contributed by atoms with Crippen molar-refractivity contribution in [2.24, 2.45) is 0 Å². The molecule has 2 rings (SSSR count). The number of rotatable bonds is 4. The van der Waals surface area contributed by atoms with Crippen LogP contribution in [0, 0.1) is 10.1 Å². The lowest BCUT2D eigenvalue weighted by Crippen LogP contribution is -2.45. The first-order valence-electron chi connectivity index (χ1n) is 6.77. The highest BCUT2D eigenvalue weighted by molar-refractivity contribution is 7.80. The van der Waals surface area contributed by atoms with Gasteiger partial charge in [0.1, 0.15) is 0 Å². The number of nitro benzene ring substituents is 1. The molecule has 0 aromatic heterocycles. The van der Waals surface area contributed by atoms with Gasteiger partial charge in [-0.3, -0.25) is 10.1 Å². The number of hydrogen-bond acceptors (Lipinski definition) is 6. The predicted molar refractivity (Wildman–Crippen MR) is 85.7 cm³/mol. The molecule has 1 heterocycles. The van der Waals surface area contributed by atoms with E-state index in [1.807, 2.05) is 0 Å². The van der Waals surface area contributed by atoms with Crippen LogP contribution < -0.4 is 10.6 Å². The standard InChI is InChI=1S/C14H15N3O5S/c1-3-22-13(19)11-7(2)15-14(23)16-12(11)8-4-5-10(18)9(6-8)17(20)21/h4-6,12,18H,3H2,1-2H3,(H2,15,16,23). The average molecular weight is 337 g/mol. The Morgan fingerprint density at radius 2 is 2.22 bits per heavy atom. The second-order valence-electron chi connectivity index (χ2n) is 4.80. The van der Waals surface area contributed by atoms with E-state index in [1.165, 1.54) is 18.2 Å². The summed E-state index contributed by atoms with van der Waals surface area (Å²) < 4.78 is 5.04. The smallest absolute Gasteiger partial charge is 0.338 e. The minimum absolute atomic E-state index is 0.197. The van der Waals surface area contributed by atoms with Crippen LogP contribution in [0.25, 0.3) is 0 Å². The molecule has 1 aromatic rings. The summed E-state index contributed by atoms with van der Waals surface area (Å²) in [5, 5.41) is 26.6. The second-order valence-corrected chi connectivity index (χ2v) is 5.20. The minimum Gasteiger partial charge on any atom is -0.502 e. The molecule has 0 spiro atoms. The number of nitro groups is 1. The normalized spacial score (nSPS) is 17.3. The number of thiocarbonyl (C=S) groups is 1. The maximum Gasteiger partial charge on any atom is 0.338 e. The van der Waals surface area contributed by atoms with Crippen molar-refractivity contribution in [3.8, 4) is 5.75 Å². The first kappa shape index (κ1) is 16.7. The Bertz CT molecular complexity index is 716. The van der Waals surface area contributed by atoms with E-state index < -0.39 is 28.4 Å². The van der Waals surface area contributed by atoms with Gasteiger partial charge in [0, 0.05) is 11.8 Å². The van der Waals surface area contributed by atoms with Gasteiger partial charge in [-0.15, -0.1) is 0 Å². The van der Waals surface area contributed by atoms with E-state index in [2.05, 4.69) is 10.6 Å². The van der Waals surface area contributed by atoms with Crippen LogP contribution in [-0.2, 0) is 9.53 Å². The van der Waals surface area contributed by atoms with E-state index in [9.17, 15) is 20.0 Å². The number of ether oxygens (including phenoxy) is 1. The van der Waals surface area contributed by atoms with Crippen LogP contribution in [0.5, 0.6) is 5.75 Å². The van der Waals surface area contributed by atoms with Crippen molar-refractivity contribution in [1.82, 2.24) is 10.6 Å². The molecule has 9 heteroatoms. The molecule has 0 fully saturated rings. The Kier molecular flexibility index (Phi) is 4.80. The van der Waals surface area contributed by atoms with Crippen molar-refractivity contribution in [2.75, 3.05) is 6.61 Å². The van der Waals surface area contributed by atoms with Gasteiger partial charge >= 0.3 is 11.7 Å². The van der Waals surface area contributed by atoms with E-state index >= 15 is 0 Å². The molecule has 1 atom stereocenters. The molecular formula is C14H15N3O5S. The Hall–Kier alpha value is -2.68. The van der Waals surface area contributed by atoms with Crippen molar-refractivity contribution in [3.05, 3.63) is 45.1 Å². The van der Waals surface area contributed by atoms with Crippen LogP contribution in [0.15, 0.2) is 29.5 Å². The molecule has 1 aliphatic heterocycles. The summed E-state index contributed by atoms with van der Waals surface area (Å²) in [6, 6.07) is 3.19. The van der Waals surface area contributed by atoms with Crippen LogP contribution in [0.3, 0.4) is 0 Å². The first-order chi connectivity index (χ1) is 10.8. The number of hydrogen-bond donors (Lipinski definition) is 3. The minimum atomic E-state index is -0.706. The summed E-state index contributed by atoms with van der Waals surface area (Å²) in [6.07, 6.45) is 0. The molecule has 0 aliphatic carbocycles. The summed E-state index contributed by atoms with van der Waals surface area (Å²) in [5.74, 6) is -0.998. The van der Waals surface area contributed by atoms with Crippen LogP contribution >= 0.6 is 12.2 Å². The molecule has 1 aromatic carbocycles. The molecule has 23 heavy (non-hydrogen) atoms. The van der Waals surface area contributed by atoms with Gasteiger partial charge in [0.25, 0.3) is 0 Å². The van der Waals surface area contributed by atoms with E-state index in [1.54, 1.807) is 13.8 Å². The molecule has 8 nitrogen and oxygen atoms in total. The summed E-state index contributed by atoms with van der Waals surface area (Å²) in [7, 11) is 0. The summed E-state index contributed by atoms with van der Waals surface area (Å²) in [6.45, 7) is 3.55. The number of carbonyl (C=O) groups is 1. The molecular weight excluding hydrogens is 322 g/mol. The van der Waals surface area contributed by atoms with Crippen molar-refractivity contribution in [2.45, 2.75) is 19.9 Å². The fraction of sp³-hybridized carbons (Fsp3) is 0.286. The van der Waals surface area contributed by atoms with Gasteiger partial charge in [-0.05, 0) is 37.7 Å². The molecule has 0 saturated carbocycles. The summed E-state index contributed by atoms with van der Waals surface area (Å²) >= 11 is 5.08. The van der Waals surface area contributed by atoms with Gasteiger partial charge < -0.3 is 20.5 Å². The maximum absolute atomic E-state index is 12.2. The Morgan fingerprint density at radius 1 is 1.52 bits per heavy atom. The van der Waals surface area contributed by atoms with E-state index in [0.717, 1.165) is 0 Å². The van der Waals surface area contributed by atoms with Crippen molar-refractivity contribution < 1.29 is 19.6 Å². The number of carbonyl (C=O) groups excluding carboxylic acids is 1. The topological polar surface area (TPSA) is 114 Å². The second kappa shape index (κ2) is 6.61. The number of allylic oxidation sites excluding steroid dienone is 1. The summed E-state index contributed by atoms with van der Waals surface area (Å²) in [5.41, 5.74) is 0.753. The molecule has 0 radical (unpaired) electrons. The number of benzene rings is 1. The van der Waals surface area contributed by atoms with Crippen LogP contribution in [0.1, 0.15) is 25.5 Å². The third-order valence-electron chi connectivity index (χ3n) is 3.29. The van der Waals surface area contributed by atoms with Crippen LogP contribution in [0.2, 0.25) is 0 Å². The Balaban J connectivity index is 2.52. The van der Waals surface area contributed by atoms with Gasteiger partial charge in [0.2, 0.25) is 0 Å². The lowest BCUT2D eigenvalue weighted by Gasteiger charge is -2.29. The van der Waals surface area contributed by atoms with Gasteiger partial charge in [-0.2, -0.15) is 0 Å². The molecule has 0 bridgehead atoms. The molecule has 0 saturated heterocycles. The van der Waals surface area contributed by atoms with Gasteiger partial charge in [0.05, 0.1) is 23.1 Å². The van der Waals surface area contributed by atoms with Crippen LogP contribution in [-0.4, -0.2) is 27.7 Å². The van der Waals surface area contributed by atoms with Gasteiger partial charge in [-0.1, -0.05) is 6.07 Å². The fourth-order valence-corrected chi connectivity index (χ4v) is 2.56. The van der Waals surface area contributed by atoms with Crippen molar-refractivity contribution in [1.29, 1.82) is 0 Å². The number of nitrogens with one attached hydrogen (secondary N) is 2. The lowest BCUT2D eigenvalue weighted by atomic mass is 9.95. The third kappa shape index (κ3) is 3.39.